The highest BCUT2D eigenvalue weighted by Gasteiger charge is 2.19. The topological polar surface area (TPSA) is 106 Å². The number of rotatable bonds is 12. The number of hydrogen-bond donors (Lipinski definition) is 2. The lowest BCUT2D eigenvalue weighted by Gasteiger charge is -2.33. The van der Waals surface area contributed by atoms with Crippen LogP contribution in [0.25, 0.3) is 0 Å². The van der Waals surface area contributed by atoms with Gasteiger partial charge >= 0.3 is 0 Å². The van der Waals surface area contributed by atoms with Gasteiger partial charge in [-0.25, -0.2) is 0 Å². The number of piperazine rings is 2. The van der Waals surface area contributed by atoms with Crippen LogP contribution in [0.1, 0.15) is 0 Å². The summed E-state index contributed by atoms with van der Waals surface area (Å²) >= 11 is 0. The second-order valence-corrected chi connectivity index (χ2v) is 8.29. The fraction of sp³-hybridized carbons (Fsp3) is 0.636. The third-order valence-corrected chi connectivity index (χ3v) is 5.76. The van der Waals surface area contributed by atoms with E-state index in [4.69, 9.17) is 9.47 Å². The zero-order valence-electron chi connectivity index (χ0n) is 18.4. The molecule has 178 valence electrons. The van der Waals surface area contributed by atoms with Gasteiger partial charge in [-0.1, -0.05) is 0 Å². The first-order valence-corrected chi connectivity index (χ1v) is 11.1. The Hall–Kier alpha value is -2.40. The molecule has 2 aliphatic heterocycles. The summed E-state index contributed by atoms with van der Waals surface area (Å²) in [6.45, 7) is 7.14. The van der Waals surface area contributed by atoms with Gasteiger partial charge in [-0.05, 0) is 24.3 Å². The highest BCUT2D eigenvalue weighted by atomic mass is 16.5. The molecule has 0 bridgehead atoms. The Morgan fingerprint density at radius 1 is 0.688 bits per heavy atom. The van der Waals surface area contributed by atoms with Crippen LogP contribution in [0.4, 0.5) is 0 Å². The van der Waals surface area contributed by atoms with Crippen LogP contribution in [-0.4, -0.2) is 134 Å². The van der Waals surface area contributed by atoms with Gasteiger partial charge in [0, 0.05) is 65.4 Å². The van der Waals surface area contributed by atoms with Crippen LogP contribution in [0.15, 0.2) is 24.3 Å². The van der Waals surface area contributed by atoms with Crippen LogP contribution >= 0.6 is 0 Å². The van der Waals surface area contributed by atoms with Gasteiger partial charge in [0.05, 0.1) is 0 Å². The Balaban J connectivity index is 1.30. The Labute approximate surface area is 188 Å². The highest BCUT2D eigenvalue weighted by molar-refractivity contribution is 5.47. The molecule has 0 radical (unpaired) electrons. The van der Waals surface area contributed by atoms with Crippen molar-refractivity contribution in [2.45, 2.75) is 12.2 Å². The van der Waals surface area contributed by atoms with Crippen molar-refractivity contribution in [3.8, 4) is 11.5 Å². The van der Waals surface area contributed by atoms with Crippen LogP contribution in [-0.2, 0) is 9.59 Å². The molecule has 2 fully saturated rings. The average molecular weight is 451 g/mol. The van der Waals surface area contributed by atoms with E-state index in [9.17, 15) is 19.8 Å². The summed E-state index contributed by atoms with van der Waals surface area (Å²) in [6, 6.07) is 7.09. The highest BCUT2D eigenvalue weighted by Crippen LogP contribution is 2.18. The summed E-state index contributed by atoms with van der Waals surface area (Å²) in [6.07, 6.45) is 0.501. The zero-order valence-corrected chi connectivity index (χ0v) is 18.4. The molecule has 2 N–H and O–H groups in total. The third kappa shape index (κ3) is 7.94. The van der Waals surface area contributed by atoms with E-state index in [1.54, 1.807) is 34.1 Å². The van der Waals surface area contributed by atoms with E-state index < -0.39 is 12.2 Å². The van der Waals surface area contributed by atoms with Crippen molar-refractivity contribution in [1.82, 2.24) is 19.6 Å². The number of amides is 2. The summed E-state index contributed by atoms with van der Waals surface area (Å²) < 4.78 is 11.3. The average Bonchev–Trinajstić information content (AvgIpc) is 2.83. The molecule has 3 rings (SSSR count). The lowest BCUT2D eigenvalue weighted by molar-refractivity contribution is -0.120. The van der Waals surface area contributed by atoms with Crippen molar-refractivity contribution in [2.24, 2.45) is 0 Å². The molecule has 2 heterocycles. The van der Waals surface area contributed by atoms with E-state index in [2.05, 4.69) is 9.80 Å². The quantitative estimate of drug-likeness (QED) is 0.379. The Morgan fingerprint density at radius 3 is 1.34 bits per heavy atom. The number of benzene rings is 1. The molecule has 1 aromatic rings. The van der Waals surface area contributed by atoms with Crippen LogP contribution < -0.4 is 9.47 Å². The van der Waals surface area contributed by atoms with E-state index in [0.717, 1.165) is 39.0 Å². The zero-order chi connectivity index (χ0) is 22.8. The molecule has 2 amide bonds. The lowest BCUT2D eigenvalue weighted by atomic mass is 10.2. The molecule has 0 spiro atoms. The predicted molar refractivity (Wildman–Crippen MR) is 118 cm³/mol. The smallest absolute Gasteiger partial charge is 0.209 e. The molecule has 10 heteroatoms. The van der Waals surface area contributed by atoms with Gasteiger partial charge in [-0.3, -0.25) is 19.4 Å². The Kier molecular flexibility index (Phi) is 9.54. The van der Waals surface area contributed by atoms with Crippen LogP contribution in [0.2, 0.25) is 0 Å². The SMILES string of the molecule is O=CN1CCN(C[C@H](O)COc2ccc(OC[C@@H](O)CN3CCN(C=O)CC3)cc2)CC1. The molecule has 2 atom stereocenters. The largest absolute Gasteiger partial charge is 0.491 e. The number of hydrogen-bond acceptors (Lipinski definition) is 8. The van der Waals surface area contributed by atoms with Crippen molar-refractivity contribution in [1.29, 1.82) is 0 Å². The summed E-state index contributed by atoms with van der Waals surface area (Å²) in [4.78, 5) is 29.2. The molecule has 10 nitrogen and oxygen atoms in total. The van der Waals surface area contributed by atoms with Crippen molar-refractivity contribution in [3.63, 3.8) is 0 Å². The van der Waals surface area contributed by atoms with Gasteiger partial charge in [0.2, 0.25) is 12.8 Å². The van der Waals surface area contributed by atoms with Crippen molar-refractivity contribution in [3.05, 3.63) is 24.3 Å². The standard InChI is InChI=1S/C22H34N4O6/c27-17-25-9-5-23(6-10-25)13-19(29)15-31-21-1-2-22(4-3-21)32-16-20(30)14-24-7-11-26(18-28)12-8-24/h1-4,17-20,29-30H,5-16H2/t19-,20-/m0/s1. The molecule has 0 unspecified atom stereocenters. The van der Waals surface area contributed by atoms with Gasteiger partial charge in [-0.15, -0.1) is 0 Å². The Bertz CT molecular complexity index is 631. The molecule has 0 aliphatic carbocycles. The molecular formula is C22H34N4O6. The second-order valence-electron chi connectivity index (χ2n) is 8.29. The summed E-state index contributed by atoms with van der Waals surface area (Å²) in [5.41, 5.74) is 0. The number of carbonyl (C=O) groups excluding carboxylic acids is 2. The van der Waals surface area contributed by atoms with Crippen molar-refractivity contribution >= 4 is 12.8 Å². The number of nitrogens with zero attached hydrogens (tertiary/aromatic N) is 4. The minimum Gasteiger partial charge on any atom is -0.491 e. The molecular weight excluding hydrogens is 416 g/mol. The minimum atomic E-state index is -0.614. The molecule has 1 aromatic carbocycles. The first kappa shape index (κ1) is 24.2. The maximum atomic E-state index is 10.8. The van der Waals surface area contributed by atoms with Gasteiger partial charge in [0.1, 0.15) is 36.9 Å². The minimum absolute atomic E-state index is 0.185. The molecule has 2 saturated heterocycles. The van der Waals surface area contributed by atoms with E-state index in [1.807, 2.05) is 0 Å². The molecule has 0 aromatic heterocycles. The number of carbonyl (C=O) groups is 2. The number of aliphatic hydroxyl groups excluding tert-OH is 2. The van der Waals surface area contributed by atoms with Crippen LogP contribution in [0.3, 0.4) is 0 Å². The van der Waals surface area contributed by atoms with E-state index in [1.165, 1.54) is 0 Å². The number of β-amino-alcohol motifs (C(OH)–C–C–N with tert-alkyl or cyclic N) is 2. The fourth-order valence-corrected chi connectivity index (χ4v) is 3.82. The monoisotopic (exact) mass is 450 g/mol. The van der Waals surface area contributed by atoms with E-state index in [0.29, 0.717) is 50.8 Å². The number of ether oxygens (including phenoxy) is 2. The summed E-state index contributed by atoms with van der Waals surface area (Å²) in [5.74, 6) is 1.27. The predicted octanol–water partition coefficient (Wildman–Crippen LogP) is -1.29. The van der Waals surface area contributed by atoms with Gasteiger partial charge in [-0.2, -0.15) is 0 Å². The normalized spacial score (nSPS) is 19.9. The van der Waals surface area contributed by atoms with Crippen LogP contribution in [0, 0.1) is 0 Å². The van der Waals surface area contributed by atoms with Crippen molar-refractivity contribution in [2.75, 3.05) is 78.7 Å². The van der Waals surface area contributed by atoms with E-state index in [-0.39, 0.29) is 13.2 Å². The van der Waals surface area contributed by atoms with Gasteiger partial charge in [0.15, 0.2) is 0 Å². The summed E-state index contributed by atoms with van der Waals surface area (Å²) in [7, 11) is 0. The fourth-order valence-electron chi connectivity index (χ4n) is 3.82. The lowest BCUT2D eigenvalue weighted by Crippen LogP contribution is -2.48. The van der Waals surface area contributed by atoms with E-state index >= 15 is 0 Å². The maximum absolute atomic E-state index is 10.8. The van der Waals surface area contributed by atoms with Gasteiger partial charge in [0.25, 0.3) is 0 Å². The maximum Gasteiger partial charge on any atom is 0.209 e. The second kappa shape index (κ2) is 12.6. The molecule has 0 saturated carbocycles. The molecule has 2 aliphatic rings. The van der Waals surface area contributed by atoms with Gasteiger partial charge < -0.3 is 29.5 Å². The third-order valence-electron chi connectivity index (χ3n) is 5.76. The Morgan fingerprint density at radius 2 is 1.03 bits per heavy atom. The first-order valence-electron chi connectivity index (χ1n) is 11.1. The summed E-state index contributed by atoms with van der Waals surface area (Å²) in [5, 5.41) is 20.4. The van der Waals surface area contributed by atoms with Crippen molar-refractivity contribution < 1.29 is 29.3 Å². The van der Waals surface area contributed by atoms with Crippen LogP contribution in [0.5, 0.6) is 11.5 Å². The molecule has 32 heavy (non-hydrogen) atoms. The number of aliphatic hydroxyl groups is 2. The first-order chi connectivity index (χ1) is 15.6.